The van der Waals surface area contributed by atoms with E-state index in [-0.39, 0.29) is 5.56 Å². The summed E-state index contributed by atoms with van der Waals surface area (Å²) in [6.07, 6.45) is 4.32. The molecule has 0 aliphatic rings. The molecule has 0 spiro atoms. The van der Waals surface area contributed by atoms with E-state index >= 15 is 0 Å². The predicted molar refractivity (Wildman–Crippen MR) is 58.6 cm³/mol. The number of aromatic nitrogens is 3. The van der Waals surface area contributed by atoms with E-state index in [4.69, 9.17) is 5.73 Å². The molecule has 2 aromatic heterocycles. The Morgan fingerprint density at radius 2 is 2.33 bits per heavy atom. The highest BCUT2D eigenvalue weighted by Crippen LogP contribution is 2.08. The first-order valence-electron chi connectivity index (χ1n) is 4.94. The minimum absolute atomic E-state index is 0.00787. The number of hydrogen-bond acceptors (Lipinski definition) is 3. The maximum atomic E-state index is 11.7. The van der Waals surface area contributed by atoms with Gasteiger partial charge in [-0.05, 0) is 19.0 Å². The van der Waals surface area contributed by atoms with Crippen LogP contribution < -0.4 is 11.3 Å². The molecule has 0 aromatic carbocycles. The van der Waals surface area contributed by atoms with Crippen LogP contribution in [0.4, 0.5) is 0 Å². The van der Waals surface area contributed by atoms with Gasteiger partial charge in [0.2, 0.25) is 0 Å². The molecule has 5 nitrogen and oxygen atoms in total. The molecule has 0 radical (unpaired) electrons. The van der Waals surface area contributed by atoms with Crippen molar-refractivity contribution >= 4 is 11.0 Å². The molecule has 2 N–H and O–H groups in total. The van der Waals surface area contributed by atoms with Crippen LogP contribution in [0.2, 0.25) is 0 Å². The van der Waals surface area contributed by atoms with Crippen LogP contribution in [0.25, 0.3) is 11.0 Å². The fraction of sp³-hybridized carbons (Fsp3) is 0.400. The quantitative estimate of drug-likeness (QED) is 0.773. The van der Waals surface area contributed by atoms with Crippen molar-refractivity contribution in [1.82, 2.24) is 14.1 Å². The largest absolute Gasteiger partial charge is 0.332 e. The molecule has 0 saturated heterocycles. The summed E-state index contributed by atoms with van der Waals surface area (Å²) in [5.74, 6) is 0. The first-order chi connectivity index (χ1) is 7.24. The third-order valence-electron chi connectivity index (χ3n) is 2.44. The Morgan fingerprint density at radius 3 is 3.07 bits per heavy atom. The molecule has 0 aliphatic carbocycles. The standard InChI is InChI=1S/C10H14N4O/c1-13-7-12-9-8(10(13)15)3-6-14(9)5-2-4-11/h3,6-7H,2,4-5,11H2,1H3. The van der Waals surface area contributed by atoms with Crippen molar-refractivity contribution in [1.29, 1.82) is 0 Å². The molecule has 0 fully saturated rings. The van der Waals surface area contributed by atoms with Gasteiger partial charge in [0.1, 0.15) is 5.65 Å². The van der Waals surface area contributed by atoms with Crippen LogP contribution in [0.3, 0.4) is 0 Å². The summed E-state index contributed by atoms with van der Waals surface area (Å²) in [5, 5.41) is 0.664. The molecule has 0 unspecified atom stereocenters. The number of fused-ring (bicyclic) bond motifs is 1. The number of hydrogen-bond donors (Lipinski definition) is 1. The van der Waals surface area contributed by atoms with Crippen molar-refractivity contribution in [2.45, 2.75) is 13.0 Å². The van der Waals surface area contributed by atoms with Gasteiger partial charge in [-0.1, -0.05) is 0 Å². The topological polar surface area (TPSA) is 65.8 Å². The summed E-state index contributed by atoms with van der Waals surface area (Å²) in [6, 6.07) is 1.81. The maximum Gasteiger partial charge on any atom is 0.262 e. The fourth-order valence-corrected chi connectivity index (χ4v) is 1.60. The van der Waals surface area contributed by atoms with Gasteiger partial charge < -0.3 is 14.9 Å². The number of nitrogens with zero attached hydrogens (tertiary/aromatic N) is 3. The third-order valence-corrected chi connectivity index (χ3v) is 2.44. The summed E-state index contributed by atoms with van der Waals surface area (Å²) in [7, 11) is 1.70. The predicted octanol–water partition coefficient (Wildman–Crippen LogP) is 0.0838. The smallest absolute Gasteiger partial charge is 0.262 e. The number of nitrogens with two attached hydrogens (primary N) is 1. The molecule has 80 valence electrons. The van der Waals surface area contributed by atoms with Gasteiger partial charge in [-0.25, -0.2) is 4.98 Å². The van der Waals surface area contributed by atoms with Crippen LogP contribution in [0.5, 0.6) is 0 Å². The Kier molecular flexibility index (Phi) is 2.55. The number of rotatable bonds is 3. The molecule has 0 saturated carbocycles. The maximum absolute atomic E-state index is 11.7. The second-order valence-corrected chi connectivity index (χ2v) is 3.55. The zero-order chi connectivity index (χ0) is 10.8. The van der Waals surface area contributed by atoms with Gasteiger partial charge in [-0.15, -0.1) is 0 Å². The minimum Gasteiger partial charge on any atom is -0.332 e. The van der Waals surface area contributed by atoms with E-state index in [1.165, 1.54) is 4.57 Å². The average Bonchev–Trinajstić information content (AvgIpc) is 2.64. The van der Waals surface area contributed by atoms with Crippen molar-refractivity contribution in [2.75, 3.05) is 6.54 Å². The lowest BCUT2D eigenvalue weighted by atomic mass is 10.4. The first-order valence-corrected chi connectivity index (χ1v) is 4.94. The Bertz CT molecular complexity index is 526. The van der Waals surface area contributed by atoms with Crippen molar-refractivity contribution in [3.05, 3.63) is 28.9 Å². The van der Waals surface area contributed by atoms with E-state index in [2.05, 4.69) is 4.98 Å². The minimum atomic E-state index is -0.00787. The van der Waals surface area contributed by atoms with Gasteiger partial charge in [0.15, 0.2) is 0 Å². The monoisotopic (exact) mass is 206 g/mol. The summed E-state index contributed by atoms with van der Waals surface area (Å²) < 4.78 is 3.44. The van der Waals surface area contributed by atoms with Crippen molar-refractivity contribution in [3.63, 3.8) is 0 Å². The molecule has 2 rings (SSSR count). The van der Waals surface area contributed by atoms with Crippen molar-refractivity contribution in [3.8, 4) is 0 Å². The van der Waals surface area contributed by atoms with E-state index in [1.807, 2.05) is 10.8 Å². The Labute approximate surface area is 87.1 Å². The van der Waals surface area contributed by atoms with Gasteiger partial charge in [-0.3, -0.25) is 4.79 Å². The highest BCUT2D eigenvalue weighted by Gasteiger charge is 2.05. The van der Waals surface area contributed by atoms with Crippen molar-refractivity contribution < 1.29 is 0 Å². The zero-order valence-corrected chi connectivity index (χ0v) is 8.68. The van der Waals surface area contributed by atoms with Gasteiger partial charge in [-0.2, -0.15) is 0 Å². The second kappa shape index (κ2) is 3.86. The second-order valence-electron chi connectivity index (χ2n) is 3.55. The van der Waals surface area contributed by atoms with Gasteiger partial charge >= 0.3 is 0 Å². The summed E-state index contributed by atoms with van der Waals surface area (Å²) >= 11 is 0. The fourth-order valence-electron chi connectivity index (χ4n) is 1.60. The van der Waals surface area contributed by atoms with Gasteiger partial charge in [0.25, 0.3) is 5.56 Å². The average molecular weight is 206 g/mol. The lowest BCUT2D eigenvalue weighted by molar-refractivity contribution is 0.664. The van der Waals surface area contributed by atoms with E-state index in [9.17, 15) is 4.79 Å². The Hall–Kier alpha value is -1.62. The van der Waals surface area contributed by atoms with Crippen LogP contribution >= 0.6 is 0 Å². The lowest BCUT2D eigenvalue weighted by Gasteiger charge is -2.03. The van der Waals surface area contributed by atoms with Crippen LogP contribution in [-0.2, 0) is 13.6 Å². The molecular weight excluding hydrogens is 192 g/mol. The van der Waals surface area contributed by atoms with Crippen LogP contribution in [0.15, 0.2) is 23.4 Å². The SMILES string of the molecule is Cn1cnc2c(ccn2CCCN)c1=O. The molecular formula is C10H14N4O. The molecule has 5 heteroatoms. The highest BCUT2D eigenvalue weighted by atomic mass is 16.1. The van der Waals surface area contributed by atoms with Crippen LogP contribution in [0, 0.1) is 0 Å². The Morgan fingerprint density at radius 1 is 1.53 bits per heavy atom. The summed E-state index contributed by atoms with van der Waals surface area (Å²) in [6.45, 7) is 1.45. The van der Waals surface area contributed by atoms with Gasteiger partial charge in [0, 0.05) is 19.8 Å². The lowest BCUT2D eigenvalue weighted by Crippen LogP contribution is -2.17. The third kappa shape index (κ3) is 1.66. The number of aryl methyl sites for hydroxylation is 2. The van der Waals surface area contributed by atoms with Crippen molar-refractivity contribution in [2.24, 2.45) is 12.8 Å². The summed E-state index contributed by atoms with van der Waals surface area (Å²) in [5.41, 5.74) is 6.18. The van der Waals surface area contributed by atoms with E-state index in [1.54, 1.807) is 19.4 Å². The molecule has 15 heavy (non-hydrogen) atoms. The normalized spacial score (nSPS) is 11.1. The molecule has 0 atom stereocenters. The molecule has 0 bridgehead atoms. The Balaban J connectivity index is 2.52. The molecule has 0 aliphatic heterocycles. The summed E-state index contributed by atoms with van der Waals surface area (Å²) in [4.78, 5) is 15.9. The molecule has 0 amide bonds. The van der Waals surface area contributed by atoms with Gasteiger partial charge in [0.05, 0.1) is 11.7 Å². The van der Waals surface area contributed by atoms with E-state index in [0.717, 1.165) is 18.6 Å². The zero-order valence-electron chi connectivity index (χ0n) is 8.68. The first kappa shape index (κ1) is 9.92. The van der Waals surface area contributed by atoms with E-state index < -0.39 is 0 Å². The highest BCUT2D eigenvalue weighted by molar-refractivity contribution is 5.74. The van der Waals surface area contributed by atoms with E-state index in [0.29, 0.717) is 11.9 Å². The molecule has 2 aromatic rings. The van der Waals surface area contributed by atoms with Crippen LogP contribution in [0.1, 0.15) is 6.42 Å². The molecule has 2 heterocycles. The van der Waals surface area contributed by atoms with Crippen LogP contribution in [-0.4, -0.2) is 20.7 Å².